The van der Waals surface area contributed by atoms with Gasteiger partial charge in [-0.1, -0.05) is 44.2 Å². The van der Waals surface area contributed by atoms with Gasteiger partial charge in [0.2, 0.25) is 0 Å². The Morgan fingerprint density at radius 2 is 1.81 bits per heavy atom. The highest BCUT2D eigenvalue weighted by molar-refractivity contribution is 5.79. The first-order valence-electron chi connectivity index (χ1n) is 9.94. The third kappa shape index (κ3) is 7.78. The van der Waals surface area contributed by atoms with Crippen molar-refractivity contribution in [1.82, 2.24) is 10.3 Å². The molecule has 1 N–H and O–H groups in total. The van der Waals surface area contributed by atoms with E-state index in [2.05, 4.69) is 10.3 Å². The fourth-order valence-electron chi connectivity index (χ4n) is 2.98. The Labute approximate surface area is 180 Å². The molecule has 2 atom stereocenters. The molecular weight excluding hydrogens is 402 g/mol. The predicted molar refractivity (Wildman–Crippen MR) is 113 cm³/mol. The molecule has 0 aliphatic rings. The van der Waals surface area contributed by atoms with Gasteiger partial charge >= 0.3 is 11.9 Å². The molecule has 1 heterocycles. The Kier molecular flexibility index (Phi) is 9.08. The number of pyridine rings is 1. The number of aromatic nitrogens is 1. The topological polar surface area (TPSA) is 121 Å². The summed E-state index contributed by atoms with van der Waals surface area (Å²) in [5.41, 5.74) is 1.17. The number of carbonyl (C=O) groups is 2. The molecule has 0 amide bonds. The summed E-state index contributed by atoms with van der Waals surface area (Å²) >= 11 is 0. The maximum Gasteiger partial charge on any atom is 0.323 e. The molecule has 31 heavy (non-hydrogen) atoms. The number of ether oxygens (including phenoxy) is 2. The average molecular weight is 429 g/mol. The van der Waals surface area contributed by atoms with E-state index < -0.39 is 28.9 Å². The van der Waals surface area contributed by atoms with Gasteiger partial charge in [0.05, 0.1) is 12.0 Å². The lowest BCUT2D eigenvalue weighted by molar-refractivity contribution is -0.385. The molecule has 0 aliphatic carbocycles. The predicted octanol–water partition coefficient (Wildman–Crippen LogP) is 2.82. The summed E-state index contributed by atoms with van der Waals surface area (Å²) in [5.74, 6) is -0.870. The molecule has 0 bridgehead atoms. The number of esters is 2. The van der Waals surface area contributed by atoms with Crippen LogP contribution in [0, 0.1) is 16.0 Å². The van der Waals surface area contributed by atoms with Crippen LogP contribution in [-0.2, 0) is 32.1 Å². The SMILES string of the molecule is COC(=O)C(Cc1ccc([N+](=O)[O-])cn1)NC(CC(C)C)C(=O)OCc1ccccc1. The van der Waals surface area contributed by atoms with Gasteiger partial charge in [-0.3, -0.25) is 30.0 Å². The summed E-state index contributed by atoms with van der Waals surface area (Å²) < 4.78 is 10.3. The molecule has 0 saturated carbocycles. The molecular formula is C22H27N3O6. The van der Waals surface area contributed by atoms with E-state index in [-0.39, 0.29) is 24.6 Å². The number of hydrogen-bond acceptors (Lipinski definition) is 8. The van der Waals surface area contributed by atoms with E-state index in [4.69, 9.17) is 9.47 Å². The number of nitro groups is 1. The van der Waals surface area contributed by atoms with Crippen molar-refractivity contribution < 1.29 is 24.0 Å². The number of carbonyl (C=O) groups excluding carboxylic acids is 2. The van der Waals surface area contributed by atoms with Crippen LogP contribution in [0.4, 0.5) is 5.69 Å². The van der Waals surface area contributed by atoms with Crippen molar-refractivity contribution in [2.24, 2.45) is 5.92 Å². The molecule has 9 heteroatoms. The van der Waals surface area contributed by atoms with Gasteiger partial charge in [0.1, 0.15) is 24.9 Å². The fourth-order valence-corrected chi connectivity index (χ4v) is 2.98. The van der Waals surface area contributed by atoms with Gasteiger partial charge in [0, 0.05) is 18.2 Å². The van der Waals surface area contributed by atoms with Crippen LogP contribution in [0.2, 0.25) is 0 Å². The lowest BCUT2D eigenvalue weighted by Crippen LogP contribution is -2.49. The molecule has 1 aromatic heterocycles. The first kappa shape index (κ1) is 23.9. The highest BCUT2D eigenvalue weighted by Crippen LogP contribution is 2.13. The normalized spacial score (nSPS) is 12.8. The lowest BCUT2D eigenvalue weighted by atomic mass is 10.0. The number of benzene rings is 1. The van der Waals surface area contributed by atoms with Crippen molar-refractivity contribution >= 4 is 17.6 Å². The molecule has 1 aromatic carbocycles. The van der Waals surface area contributed by atoms with Crippen LogP contribution in [0.3, 0.4) is 0 Å². The number of nitrogens with one attached hydrogen (secondary N) is 1. The van der Waals surface area contributed by atoms with Gasteiger partial charge in [-0.05, 0) is 24.0 Å². The van der Waals surface area contributed by atoms with E-state index in [1.54, 1.807) is 0 Å². The Morgan fingerprint density at radius 3 is 2.35 bits per heavy atom. The molecule has 2 aromatic rings. The average Bonchev–Trinajstić information content (AvgIpc) is 2.76. The zero-order valence-electron chi connectivity index (χ0n) is 17.8. The summed E-state index contributed by atoms with van der Waals surface area (Å²) in [6.45, 7) is 4.05. The van der Waals surface area contributed by atoms with E-state index in [0.29, 0.717) is 12.1 Å². The van der Waals surface area contributed by atoms with Crippen molar-refractivity contribution in [3.8, 4) is 0 Å². The molecule has 0 saturated heterocycles. The van der Waals surface area contributed by atoms with Gasteiger partial charge in [-0.15, -0.1) is 0 Å². The van der Waals surface area contributed by atoms with Crippen LogP contribution in [0.25, 0.3) is 0 Å². The maximum atomic E-state index is 12.7. The summed E-state index contributed by atoms with van der Waals surface area (Å²) in [6.07, 6.45) is 1.68. The first-order valence-corrected chi connectivity index (χ1v) is 9.94. The fraction of sp³-hybridized carbons (Fsp3) is 0.409. The molecule has 166 valence electrons. The van der Waals surface area contributed by atoms with Crippen LogP contribution < -0.4 is 5.32 Å². The van der Waals surface area contributed by atoms with Crippen LogP contribution in [0.1, 0.15) is 31.5 Å². The van der Waals surface area contributed by atoms with Crippen molar-refractivity contribution in [3.63, 3.8) is 0 Å². The molecule has 2 unspecified atom stereocenters. The Bertz CT molecular complexity index is 871. The zero-order valence-corrected chi connectivity index (χ0v) is 17.8. The minimum absolute atomic E-state index is 0.102. The molecule has 9 nitrogen and oxygen atoms in total. The monoisotopic (exact) mass is 429 g/mol. The van der Waals surface area contributed by atoms with Crippen LogP contribution in [0.5, 0.6) is 0 Å². The number of rotatable bonds is 11. The van der Waals surface area contributed by atoms with Gasteiger partial charge in [0.25, 0.3) is 5.69 Å². The number of nitrogens with zero attached hydrogens (tertiary/aromatic N) is 2. The van der Waals surface area contributed by atoms with Crippen molar-refractivity contribution in [2.45, 2.75) is 45.4 Å². The second-order valence-electron chi connectivity index (χ2n) is 7.49. The second-order valence-corrected chi connectivity index (χ2v) is 7.49. The highest BCUT2D eigenvalue weighted by Gasteiger charge is 2.29. The lowest BCUT2D eigenvalue weighted by Gasteiger charge is -2.24. The molecule has 2 rings (SSSR count). The van der Waals surface area contributed by atoms with E-state index >= 15 is 0 Å². The van der Waals surface area contributed by atoms with E-state index in [0.717, 1.165) is 11.8 Å². The van der Waals surface area contributed by atoms with Crippen LogP contribution >= 0.6 is 0 Å². The van der Waals surface area contributed by atoms with Crippen LogP contribution in [-0.4, -0.2) is 41.0 Å². The third-order valence-corrected chi connectivity index (χ3v) is 4.54. The molecule has 0 spiro atoms. The Hall–Kier alpha value is -3.33. The summed E-state index contributed by atoms with van der Waals surface area (Å²) in [5, 5.41) is 13.8. The molecule has 0 aliphatic heterocycles. The van der Waals surface area contributed by atoms with Crippen molar-refractivity contribution in [1.29, 1.82) is 0 Å². The minimum atomic E-state index is -0.869. The Balaban J connectivity index is 2.11. The summed E-state index contributed by atoms with van der Waals surface area (Å²) in [7, 11) is 1.26. The van der Waals surface area contributed by atoms with Crippen molar-refractivity contribution in [2.75, 3.05) is 7.11 Å². The minimum Gasteiger partial charge on any atom is -0.468 e. The van der Waals surface area contributed by atoms with E-state index in [1.807, 2.05) is 44.2 Å². The number of hydrogen-bond donors (Lipinski definition) is 1. The van der Waals surface area contributed by atoms with Gasteiger partial charge in [-0.2, -0.15) is 0 Å². The van der Waals surface area contributed by atoms with Gasteiger partial charge in [-0.25, -0.2) is 0 Å². The zero-order chi connectivity index (χ0) is 22.8. The largest absolute Gasteiger partial charge is 0.468 e. The summed E-state index contributed by atoms with van der Waals surface area (Å²) in [6, 6.07) is 10.5. The molecule has 0 radical (unpaired) electrons. The quantitative estimate of drug-likeness (QED) is 0.329. The smallest absolute Gasteiger partial charge is 0.323 e. The van der Waals surface area contributed by atoms with Gasteiger partial charge in [0.15, 0.2) is 0 Å². The van der Waals surface area contributed by atoms with Crippen LogP contribution in [0.15, 0.2) is 48.7 Å². The summed E-state index contributed by atoms with van der Waals surface area (Å²) in [4.78, 5) is 39.4. The number of methoxy groups -OCH3 is 1. The standard InChI is InChI=1S/C22H27N3O6/c1-15(2)11-19(22(27)31-14-16-7-5-4-6-8-16)24-20(21(26)30-3)12-17-9-10-18(13-23-17)25(28)29/h4-10,13,15,19-20,24H,11-12,14H2,1-3H3. The van der Waals surface area contributed by atoms with E-state index in [1.165, 1.54) is 19.2 Å². The van der Waals surface area contributed by atoms with Gasteiger partial charge < -0.3 is 9.47 Å². The third-order valence-electron chi connectivity index (χ3n) is 4.54. The van der Waals surface area contributed by atoms with E-state index in [9.17, 15) is 19.7 Å². The first-order chi connectivity index (χ1) is 14.8. The molecule has 0 fully saturated rings. The maximum absolute atomic E-state index is 12.7. The second kappa shape index (κ2) is 11.8. The Morgan fingerprint density at radius 1 is 1.10 bits per heavy atom. The highest BCUT2D eigenvalue weighted by atomic mass is 16.6. The van der Waals surface area contributed by atoms with Crippen molar-refractivity contribution in [3.05, 3.63) is 70.0 Å².